The number of anilines is 2. The molecule has 0 saturated carbocycles. The summed E-state index contributed by atoms with van der Waals surface area (Å²) in [6.45, 7) is 0. The van der Waals surface area contributed by atoms with Crippen molar-refractivity contribution < 1.29 is 13.6 Å². The van der Waals surface area contributed by atoms with Crippen molar-refractivity contribution in [2.75, 3.05) is 11.1 Å². The number of nitrogen functional groups attached to an aromatic ring is 1. The lowest BCUT2D eigenvalue weighted by atomic mass is 10.2. The van der Waals surface area contributed by atoms with Gasteiger partial charge in [0.2, 0.25) is 0 Å². The Kier molecular flexibility index (Phi) is 2.59. The van der Waals surface area contributed by atoms with Crippen molar-refractivity contribution in [1.82, 2.24) is 0 Å². The minimum atomic E-state index is -0.461. The van der Waals surface area contributed by atoms with Gasteiger partial charge in [-0.25, -0.2) is 4.39 Å². The van der Waals surface area contributed by atoms with Crippen LogP contribution in [0.2, 0.25) is 0 Å². The largest absolute Gasteiger partial charge is 0.472 e. The van der Waals surface area contributed by atoms with Crippen LogP contribution < -0.4 is 11.1 Å². The van der Waals surface area contributed by atoms with Crippen LogP contribution in [0, 0.1) is 5.82 Å². The summed E-state index contributed by atoms with van der Waals surface area (Å²) in [6.07, 6.45) is 2.68. The Morgan fingerprint density at radius 2 is 2.19 bits per heavy atom. The molecule has 1 amide bonds. The first kappa shape index (κ1) is 10.2. The van der Waals surface area contributed by atoms with Crippen LogP contribution in [0.1, 0.15) is 10.4 Å². The molecule has 0 saturated heterocycles. The standard InChI is InChI=1S/C11H9FN2O2/c12-8-1-2-9(13)10(5-8)14-11(15)7-3-4-16-6-7/h1-6H,13H2,(H,14,15). The molecule has 0 atom stereocenters. The summed E-state index contributed by atoms with van der Waals surface area (Å²) < 4.78 is 17.7. The third-order valence-electron chi connectivity index (χ3n) is 2.05. The topological polar surface area (TPSA) is 68.3 Å². The quantitative estimate of drug-likeness (QED) is 0.762. The maximum atomic E-state index is 12.9. The molecule has 0 aliphatic rings. The van der Waals surface area contributed by atoms with Gasteiger partial charge in [-0.15, -0.1) is 0 Å². The number of carbonyl (C=O) groups excluding carboxylic acids is 1. The van der Waals surface area contributed by atoms with E-state index in [9.17, 15) is 9.18 Å². The minimum Gasteiger partial charge on any atom is -0.472 e. The predicted octanol–water partition coefficient (Wildman–Crippen LogP) is 2.25. The molecule has 1 aromatic carbocycles. The van der Waals surface area contributed by atoms with E-state index in [0.29, 0.717) is 11.3 Å². The van der Waals surface area contributed by atoms with Crippen LogP contribution in [-0.4, -0.2) is 5.91 Å². The fourth-order valence-electron chi connectivity index (χ4n) is 1.22. The van der Waals surface area contributed by atoms with E-state index in [1.54, 1.807) is 0 Å². The molecule has 0 spiro atoms. The highest BCUT2D eigenvalue weighted by molar-refractivity contribution is 6.05. The monoisotopic (exact) mass is 220 g/mol. The van der Waals surface area contributed by atoms with Gasteiger partial charge < -0.3 is 15.5 Å². The van der Waals surface area contributed by atoms with E-state index in [4.69, 9.17) is 10.2 Å². The second-order valence-electron chi connectivity index (χ2n) is 3.20. The van der Waals surface area contributed by atoms with Gasteiger partial charge in [0.15, 0.2) is 0 Å². The number of rotatable bonds is 2. The summed E-state index contributed by atoms with van der Waals surface area (Å²) >= 11 is 0. The molecule has 5 heteroatoms. The molecule has 3 N–H and O–H groups in total. The van der Waals surface area contributed by atoms with Crippen molar-refractivity contribution in [2.45, 2.75) is 0 Å². The first-order valence-corrected chi connectivity index (χ1v) is 4.55. The lowest BCUT2D eigenvalue weighted by Gasteiger charge is -2.06. The van der Waals surface area contributed by atoms with Crippen LogP contribution in [0.25, 0.3) is 0 Å². The van der Waals surface area contributed by atoms with E-state index in [-0.39, 0.29) is 5.69 Å². The lowest BCUT2D eigenvalue weighted by molar-refractivity contribution is 0.102. The zero-order valence-corrected chi connectivity index (χ0v) is 8.24. The molecule has 0 aliphatic carbocycles. The molecule has 0 fully saturated rings. The number of hydrogen-bond donors (Lipinski definition) is 2. The minimum absolute atomic E-state index is 0.242. The first-order valence-electron chi connectivity index (χ1n) is 4.55. The summed E-state index contributed by atoms with van der Waals surface area (Å²) in [5, 5.41) is 2.49. The summed E-state index contributed by atoms with van der Waals surface area (Å²) in [7, 11) is 0. The van der Waals surface area contributed by atoms with Gasteiger partial charge in [0.05, 0.1) is 23.2 Å². The predicted molar refractivity (Wildman–Crippen MR) is 57.5 cm³/mol. The number of furan rings is 1. The second kappa shape index (κ2) is 4.06. The number of halogens is 1. The molecule has 4 nitrogen and oxygen atoms in total. The van der Waals surface area contributed by atoms with Gasteiger partial charge >= 0.3 is 0 Å². The normalized spacial score (nSPS) is 10.1. The van der Waals surface area contributed by atoms with Gasteiger partial charge in [0, 0.05) is 0 Å². The third-order valence-corrected chi connectivity index (χ3v) is 2.05. The fourth-order valence-corrected chi connectivity index (χ4v) is 1.22. The van der Waals surface area contributed by atoms with Gasteiger partial charge in [0.1, 0.15) is 12.1 Å². The Morgan fingerprint density at radius 1 is 1.38 bits per heavy atom. The molecule has 82 valence electrons. The molecule has 0 bridgehead atoms. The molecular formula is C11H9FN2O2. The maximum absolute atomic E-state index is 12.9. The molecule has 0 unspecified atom stereocenters. The molecule has 0 aliphatic heterocycles. The zero-order chi connectivity index (χ0) is 11.5. The van der Waals surface area contributed by atoms with Crippen molar-refractivity contribution in [3.8, 4) is 0 Å². The van der Waals surface area contributed by atoms with Crippen molar-refractivity contribution in [3.63, 3.8) is 0 Å². The molecule has 2 rings (SSSR count). The van der Waals surface area contributed by atoms with Gasteiger partial charge in [-0.05, 0) is 24.3 Å². The number of nitrogens with one attached hydrogen (secondary N) is 1. The third kappa shape index (κ3) is 2.03. The molecule has 1 aromatic heterocycles. The smallest absolute Gasteiger partial charge is 0.258 e. The highest BCUT2D eigenvalue weighted by Crippen LogP contribution is 2.20. The number of hydrogen-bond acceptors (Lipinski definition) is 3. The van der Waals surface area contributed by atoms with Crippen LogP contribution in [0.5, 0.6) is 0 Å². The maximum Gasteiger partial charge on any atom is 0.258 e. The van der Waals surface area contributed by atoms with Crippen molar-refractivity contribution >= 4 is 17.3 Å². The van der Waals surface area contributed by atoms with Gasteiger partial charge in [-0.2, -0.15) is 0 Å². The van der Waals surface area contributed by atoms with Crippen LogP contribution in [0.4, 0.5) is 15.8 Å². The summed E-state index contributed by atoms with van der Waals surface area (Å²) in [6, 6.07) is 5.28. The number of carbonyl (C=O) groups is 1. The Hall–Kier alpha value is -2.30. The molecular weight excluding hydrogens is 211 g/mol. The Balaban J connectivity index is 2.21. The van der Waals surface area contributed by atoms with Gasteiger partial charge in [-0.1, -0.05) is 0 Å². The van der Waals surface area contributed by atoms with E-state index in [2.05, 4.69) is 5.32 Å². The molecule has 2 aromatic rings. The fraction of sp³-hybridized carbons (Fsp3) is 0. The number of benzene rings is 1. The summed E-state index contributed by atoms with van der Waals surface area (Å²) in [4.78, 5) is 11.6. The number of nitrogens with two attached hydrogens (primary N) is 1. The Bertz CT molecular complexity index is 509. The van der Waals surface area contributed by atoms with E-state index in [1.165, 1.54) is 30.7 Å². The van der Waals surface area contributed by atoms with Crippen molar-refractivity contribution in [1.29, 1.82) is 0 Å². The zero-order valence-electron chi connectivity index (χ0n) is 8.24. The Morgan fingerprint density at radius 3 is 2.88 bits per heavy atom. The Labute approximate surface area is 90.9 Å². The summed E-state index contributed by atoms with van der Waals surface area (Å²) in [5.41, 5.74) is 6.48. The van der Waals surface area contributed by atoms with Crippen LogP contribution in [0.3, 0.4) is 0 Å². The summed E-state index contributed by atoms with van der Waals surface area (Å²) in [5.74, 6) is -0.859. The average Bonchev–Trinajstić information content (AvgIpc) is 2.76. The van der Waals surface area contributed by atoms with Crippen molar-refractivity contribution in [3.05, 3.63) is 48.2 Å². The van der Waals surface area contributed by atoms with E-state index >= 15 is 0 Å². The SMILES string of the molecule is Nc1ccc(F)cc1NC(=O)c1ccoc1. The molecule has 1 heterocycles. The van der Waals surface area contributed by atoms with Gasteiger partial charge in [0.25, 0.3) is 5.91 Å². The van der Waals surface area contributed by atoms with Crippen molar-refractivity contribution in [2.24, 2.45) is 0 Å². The van der Waals surface area contributed by atoms with E-state index in [0.717, 1.165) is 6.07 Å². The van der Waals surface area contributed by atoms with Crippen LogP contribution in [-0.2, 0) is 0 Å². The average molecular weight is 220 g/mol. The van der Waals surface area contributed by atoms with Gasteiger partial charge in [-0.3, -0.25) is 4.79 Å². The first-order chi connectivity index (χ1) is 7.66. The lowest BCUT2D eigenvalue weighted by Crippen LogP contribution is -2.12. The highest BCUT2D eigenvalue weighted by Gasteiger charge is 2.09. The van der Waals surface area contributed by atoms with E-state index < -0.39 is 11.7 Å². The number of amides is 1. The van der Waals surface area contributed by atoms with Crippen LogP contribution in [0.15, 0.2) is 41.2 Å². The van der Waals surface area contributed by atoms with E-state index in [1.807, 2.05) is 0 Å². The molecule has 16 heavy (non-hydrogen) atoms. The second-order valence-corrected chi connectivity index (χ2v) is 3.20. The highest BCUT2D eigenvalue weighted by atomic mass is 19.1. The van der Waals surface area contributed by atoms with Crippen LogP contribution >= 0.6 is 0 Å². The molecule has 0 radical (unpaired) electrons.